The summed E-state index contributed by atoms with van der Waals surface area (Å²) in [7, 11) is 1.96. The molecule has 0 radical (unpaired) electrons. The second kappa shape index (κ2) is 5.29. The van der Waals surface area contributed by atoms with Crippen LogP contribution in [0.5, 0.6) is 0 Å². The molecule has 1 N–H and O–H groups in total. The van der Waals surface area contributed by atoms with Gasteiger partial charge in [0.15, 0.2) is 0 Å². The molecule has 1 saturated heterocycles. The van der Waals surface area contributed by atoms with E-state index in [2.05, 4.69) is 36.4 Å². The van der Waals surface area contributed by atoms with Crippen LogP contribution < -0.4 is 5.32 Å². The highest BCUT2D eigenvalue weighted by molar-refractivity contribution is 4.82. The van der Waals surface area contributed by atoms with Gasteiger partial charge in [0, 0.05) is 19.1 Å². The lowest BCUT2D eigenvalue weighted by Crippen LogP contribution is -2.31. The summed E-state index contributed by atoms with van der Waals surface area (Å²) in [5.74, 6) is 0. The minimum absolute atomic E-state index is 0.290. The molecule has 0 aromatic carbocycles. The molecule has 0 spiro atoms. The first-order valence-corrected chi connectivity index (χ1v) is 5.48. The van der Waals surface area contributed by atoms with Crippen LogP contribution in [0, 0.1) is 0 Å². The molecule has 1 aliphatic rings. The van der Waals surface area contributed by atoms with Crippen molar-refractivity contribution < 1.29 is 0 Å². The average molecular weight is 198 g/mol. The van der Waals surface area contributed by atoms with Crippen molar-refractivity contribution >= 4 is 0 Å². The Hall–Kier alpha value is -0.640. The molecule has 1 unspecified atom stereocenters. The standard InChI is InChI=1S/C10H22N4/c1-8(2)14(4)13-12-9(3)10-6-5-7-11-10/h8-11H,5-7H2,1-4H3/b13-12-/t9?,10-/m1/s1. The normalized spacial score (nSPS) is 24.8. The van der Waals surface area contributed by atoms with Gasteiger partial charge in [-0.05, 0) is 40.2 Å². The van der Waals surface area contributed by atoms with Crippen molar-refractivity contribution in [2.45, 2.75) is 51.7 Å². The molecule has 1 rings (SSSR count). The average Bonchev–Trinajstić information content (AvgIpc) is 2.66. The van der Waals surface area contributed by atoms with Gasteiger partial charge >= 0.3 is 0 Å². The van der Waals surface area contributed by atoms with Crippen LogP contribution >= 0.6 is 0 Å². The molecule has 1 aliphatic heterocycles. The summed E-state index contributed by atoms with van der Waals surface area (Å²) < 4.78 is 0. The van der Waals surface area contributed by atoms with E-state index in [4.69, 9.17) is 0 Å². The predicted molar refractivity (Wildman–Crippen MR) is 58.2 cm³/mol. The highest BCUT2D eigenvalue weighted by atomic mass is 15.5. The quantitative estimate of drug-likeness (QED) is 0.553. The maximum Gasteiger partial charge on any atom is 0.0854 e. The third kappa shape index (κ3) is 3.25. The van der Waals surface area contributed by atoms with E-state index >= 15 is 0 Å². The zero-order valence-corrected chi connectivity index (χ0v) is 9.70. The summed E-state index contributed by atoms with van der Waals surface area (Å²) in [6, 6.07) is 1.24. The highest BCUT2D eigenvalue weighted by Crippen LogP contribution is 2.12. The molecular weight excluding hydrogens is 176 g/mol. The van der Waals surface area contributed by atoms with Gasteiger partial charge in [-0.3, -0.25) is 5.01 Å². The van der Waals surface area contributed by atoms with Crippen LogP contribution in [0.2, 0.25) is 0 Å². The van der Waals surface area contributed by atoms with Crippen LogP contribution in [0.4, 0.5) is 0 Å². The fourth-order valence-corrected chi connectivity index (χ4v) is 1.47. The molecule has 0 aliphatic carbocycles. The molecule has 4 heteroatoms. The summed E-state index contributed by atoms with van der Waals surface area (Å²) in [5.41, 5.74) is 0. The summed E-state index contributed by atoms with van der Waals surface area (Å²) in [6.07, 6.45) is 2.50. The van der Waals surface area contributed by atoms with Gasteiger partial charge in [-0.25, -0.2) is 0 Å². The fraction of sp³-hybridized carbons (Fsp3) is 1.00. The lowest BCUT2D eigenvalue weighted by Gasteiger charge is -2.18. The molecule has 0 aromatic heterocycles. The lowest BCUT2D eigenvalue weighted by molar-refractivity contribution is 0.257. The molecule has 0 bridgehead atoms. The van der Waals surface area contributed by atoms with E-state index in [9.17, 15) is 0 Å². The van der Waals surface area contributed by atoms with Crippen LogP contribution in [0.25, 0.3) is 0 Å². The van der Waals surface area contributed by atoms with Crippen molar-refractivity contribution in [3.05, 3.63) is 0 Å². The maximum atomic E-state index is 4.32. The van der Waals surface area contributed by atoms with E-state index in [1.54, 1.807) is 0 Å². The predicted octanol–water partition coefficient (Wildman–Crippen LogP) is 1.83. The van der Waals surface area contributed by atoms with Gasteiger partial charge in [-0.15, -0.1) is 0 Å². The van der Waals surface area contributed by atoms with Crippen LogP contribution in [-0.4, -0.2) is 36.7 Å². The van der Waals surface area contributed by atoms with Crippen LogP contribution in [0.3, 0.4) is 0 Å². The molecule has 1 fully saturated rings. The van der Waals surface area contributed by atoms with Crippen molar-refractivity contribution in [3.63, 3.8) is 0 Å². The Morgan fingerprint density at radius 3 is 2.57 bits per heavy atom. The molecule has 0 amide bonds. The van der Waals surface area contributed by atoms with Crippen molar-refractivity contribution in [2.24, 2.45) is 10.3 Å². The first kappa shape index (κ1) is 11.4. The Bertz CT molecular complexity index is 185. The van der Waals surface area contributed by atoms with Gasteiger partial charge in [0.25, 0.3) is 0 Å². The second-order valence-corrected chi connectivity index (χ2v) is 4.32. The highest BCUT2D eigenvalue weighted by Gasteiger charge is 2.20. The van der Waals surface area contributed by atoms with Gasteiger partial charge in [0.2, 0.25) is 0 Å². The van der Waals surface area contributed by atoms with Crippen molar-refractivity contribution in [3.8, 4) is 0 Å². The van der Waals surface area contributed by atoms with Gasteiger partial charge in [-0.2, -0.15) is 5.11 Å². The van der Waals surface area contributed by atoms with Gasteiger partial charge in [-0.1, -0.05) is 5.22 Å². The topological polar surface area (TPSA) is 40.0 Å². The van der Waals surface area contributed by atoms with Crippen LogP contribution in [0.15, 0.2) is 10.3 Å². The summed E-state index contributed by atoms with van der Waals surface area (Å²) in [4.78, 5) is 0. The van der Waals surface area contributed by atoms with Gasteiger partial charge < -0.3 is 5.32 Å². The van der Waals surface area contributed by atoms with Crippen LogP contribution in [-0.2, 0) is 0 Å². The van der Waals surface area contributed by atoms with E-state index in [0.717, 1.165) is 6.54 Å². The Labute approximate surface area is 86.7 Å². The SMILES string of the molecule is CC(/N=N\N(C)C(C)C)[C@H]1CCCN1. The number of hydrogen-bond acceptors (Lipinski definition) is 3. The summed E-state index contributed by atoms with van der Waals surface area (Å²) in [5, 5.41) is 13.8. The van der Waals surface area contributed by atoms with Crippen molar-refractivity contribution in [2.75, 3.05) is 13.6 Å². The van der Waals surface area contributed by atoms with E-state index in [-0.39, 0.29) is 0 Å². The molecule has 0 aromatic rings. The minimum atomic E-state index is 0.290. The Morgan fingerprint density at radius 2 is 2.07 bits per heavy atom. The molecule has 14 heavy (non-hydrogen) atoms. The monoisotopic (exact) mass is 198 g/mol. The maximum absolute atomic E-state index is 4.32. The zero-order valence-electron chi connectivity index (χ0n) is 9.70. The van der Waals surface area contributed by atoms with E-state index in [1.165, 1.54) is 12.8 Å². The largest absolute Gasteiger partial charge is 0.312 e. The summed E-state index contributed by atoms with van der Waals surface area (Å²) >= 11 is 0. The molecule has 1 heterocycles. The number of hydrogen-bond donors (Lipinski definition) is 1. The Kier molecular flexibility index (Phi) is 4.32. The van der Waals surface area contributed by atoms with Gasteiger partial charge in [0.05, 0.1) is 6.04 Å². The van der Waals surface area contributed by atoms with E-state index in [1.807, 2.05) is 12.1 Å². The lowest BCUT2D eigenvalue weighted by atomic mass is 10.1. The summed E-state index contributed by atoms with van der Waals surface area (Å²) in [6.45, 7) is 7.47. The number of rotatable bonds is 4. The van der Waals surface area contributed by atoms with E-state index in [0.29, 0.717) is 18.1 Å². The molecule has 82 valence electrons. The smallest absolute Gasteiger partial charge is 0.0854 e. The zero-order chi connectivity index (χ0) is 10.6. The number of nitrogens with zero attached hydrogens (tertiary/aromatic N) is 3. The third-order valence-electron chi connectivity index (χ3n) is 2.80. The fourth-order valence-electron chi connectivity index (χ4n) is 1.47. The first-order valence-electron chi connectivity index (χ1n) is 5.48. The van der Waals surface area contributed by atoms with Crippen molar-refractivity contribution in [1.29, 1.82) is 0 Å². The second-order valence-electron chi connectivity index (χ2n) is 4.32. The van der Waals surface area contributed by atoms with E-state index < -0.39 is 0 Å². The van der Waals surface area contributed by atoms with Crippen LogP contribution in [0.1, 0.15) is 33.6 Å². The Morgan fingerprint density at radius 1 is 1.36 bits per heavy atom. The number of nitrogens with one attached hydrogen (secondary N) is 1. The minimum Gasteiger partial charge on any atom is -0.312 e. The molecule has 4 nitrogen and oxygen atoms in total. The third-order valence-corrected chi connectivity index (χ3v) is 2.80. The molecule has 0 saturated carbocycles. The van der Waals surface area contributed by atoms with Crippen molar-refractivity contribution in [1.82, 2.24) is 10.3 Å². The molecule has 2 atom stereocenters. The molecular formula is C10H22N4. The first-order chi connectivity index (χ1) is 6.61. The Balaban J connectivity index is 2.34. The van der Waals surface area contributed by atoms with Gasteiger partial charge in [0.1, 0.15) is 0 Å².